The van der Waals surface area contributed by atoms with Crippen LogP contribution in [0.15, 0.2) is 58.5 Å². The maximum atomic E-state index is 4.62. The molecule has 4 rings (SSSR count). The summed E-state index contributed by atoms with van der Waals surface area (Å²) in [7, 11) is 0. The van der Waals surface area contributed by atoms with Crippen molar-refractivity contribution >= 4 is 33.5 Å². The van der Waals surface area contributed by atoms with Crippen molar-refractivity contribution in [2.45, 2.75) is 20.3 Å². The van der Waals surface area contributed by atoms with E-state index in [0.29, 0.717) is 0 Å². The van der Waals surface area contributed by atoms with Gasteiger partial charge in [0.05, 0.1) is 33.5 Å². The van der Waals surface area contributed by atoms with Gasteiger partial charge in [0, 0.05) is 13.1 Å². The normalized spacial score (nSPS) is 13.0. The van der Waals surface area contributed by atoms with Crippen LogP contribution >= 0.6 is 0 Å². The van der Waals surface area contributed by atoms with E-state index in [2.05, 4.69) is 29.9 Å². The Morgan fingerprint density at radius 3 is 1.63 bits per heavy atom. The molecule has 0 aliphatic carbocycles. The van der Waals surface area contributed by atoms with E-state index in [-0.39, 0.29) is 0 Å². The molecule has 136 valence electrons. The van der Waals surface area contributed by atoms with Gasteiger partial charge in [-0.3, -0.25) is 9.98 Å². The Balaban J connectivity index is 1.34. The first-order valence-corrected chi connectivity index (χ1v) is 9.13. The number of hydrogen-bond acceptors (Lipinski definition) is 4. The second-order valence-electron chi connectivity index (χ2n) is 6.49. The number of aliphatic imine (C=N–C) groups is 2. The van der Waals surface area contributed by atoms with Crippen LogP contribution in [0.2, 0.25) is 0 Å². The minimum Gasteiger partial charge on any atom is -0.337 e. The molecule has 0 saturated carbocycles. The molecule has 0 fully saturated rings. The maximum Gasteiger partial charge on any atom is 0.152 e. The first kappa shape index (κ1) is 17.1. The SMILES string of the molecule is CC(=NCCCN=C(C)c1nc2ccccc2[nH]1)c1nc2ccccc2[nH]1. The Morgan fingerprint density at radius 2 is 1.19 bits per heavy atom. The number of para-hydroxylation sites is 4. The molecule has 6 nitrogen and oxygen atoms in total. The number of imidazole rings is 2. The number of benzene rings is 2. The highest BCUT2D eigenvalue weighted by Gasteiger charge is 2.05. The zero-order valence-corrected chi connectivity index (χ0v) is 15.5. The number of aromatic amines is 2. The van der Waals surface area contributed by atoms with Gasteiger partial charge in [-0.2, -0.15) is 0 Å². The van der Waals surface area contributed by atoms with Gasteiger partial charge in [0.25, 0.3) is 0 Å². The van der Waals surface area contributed by atoms with E-state index in [4.69, 9.17) is 0 Å². The molecule has 0 radical (unpaired) electrons. The number of rotatable bonds is 6. The van der Waals surface area contributed by atoms with Crippen LogP contribution in [0.25, 0.3) is 22.1 Å². The zero-order valence-electron chi connectivity index (χ0n) is 15.5. The summed E-state index contributed by atoms with van der Waals surface area (Å²) in [4.78, 5) is 25.0. The Bertz CT molecular complexity index is 976. The maximum absolute atomic E-state index is 4.62. The van der Waals surface area contributed by atoms with E-state index in [1.807, 2.05) is 62.4 Å². The number of nitrogens with zero attached hydrogens (tertiary/aromatic N) is 4. The molecular formula is C21H22N6. The molecule has 4 aromatic rings. The summed E-state index contributed by atoms with van der Waals surface area (Å²) in [5.41, 5.74) is 5.84. The van der Waals surface area contributed by atoms with E-state index < -0.39 is 0 Å². The summed E-state index contributed by atoms with van der Waals surface area (Å²) in [5.74, 6) is 1.66. The highest BCUT2D eigenvalue weighted by Crippen LogP contribution is 2.12. The number of nitrogens with one attached hydrogen (secondary N) is 2. The number of H-pyrrole nitrogens is 2. The zero-order chi connectivity index (χ0) is 18.6. The lowest BCUT2D eigenvalue weighted by atomic mass is 10.3. The predicted molar refractivity (Wildman–Crippen MR) is 111 cm³/mol. The molecule has 0 amide bonds. The predicted octanol–water partition coefficient (Wildman–Crippen LogP) is 4.15. The van der Waals surface area contributed by atoms with Crippen LogP contribution in [0.4, 0.5) is 0 Å². The molecule has 2 aromatic heterocycles. The van der Waals surface area contributed by atoms with Crippen molar-refractivity contribution in [2.24, 2.45) is 9.98 Å². The molecular weight excluding hydrogens is 336 g/mol. The number of hydrogen-bond donors (Lipinski definition) is 2. The minimum atomic E-state index is 0.722. The highest BCUT2D eigenvalue weighted by atomic mass is 15.0. The van der Waals surface area contributed by atoms with Gasteiger partial charge in [0.15, 0.2) is 11.6 Å². The van der Waals surface area contributed by atoms with Crippen molar-refractivity contribution in [2.75, 3.05) is 13.1 Å². The second kappa shape index (κ2) is 7.53. The van der Waals surface area contributed by atoms with E-state index in [9.17, 15) is 0 Å². The van der Waals surface area contributed by atoms with E-state index in [1.165, 1.54) is 0 Å². The lowest BCUT2D eigenvalue weighted by molar-refractivity contribution is 0.843. The third kappa shape index (κ3) is 3.79. The summed E-state index contributed by atoms with van der Waals surface area (Å²) in [6.45, 7) is 5.42. The Hall–Kier alpha value is -3.28. The molecule has 27 heavy (non-hydrogen) atoms. The van der Waals surface area contributed by atoms with Gasteiger partial charge in [0.1, 0.15) is 0 Å². The molecule has 0 aliphatic heterocycles. The van der Waals surface area contributed by atoms with Crippen molar-refractivity contribution in [3.05, 3.63) is 60.2 Å². The Labute approximate surface area is 157 Å². The van der Waals surface area contributed by atoms with Crippen molar-refractivity contribution in [3.63, 3.8) is 0 Å². The lowest BCUT2D eigenvalue weighted by Crippen LogP contribution is -2.02. The molecule has 2 aromatic carbocycles. The highest BCUT2D eigenvalue weighted by molar-refractivity contribution is 5.98. The van der Waals surface area contributed by atoms with Crippen LogP contribution in [0.5, 0.6) is 0 Å². The largest absolute Gasteiger partial charge is 0.337 e. The fraction of sp³-hybridized carbons (Fsp3) is 0.238. The van der Waals surface area contributed by atoms with Crippen molar-refractivity contribution < 1.29 is 0 Å². The number of aromatic nitrogens is 4. The molecule has 2 N–H and O–H groups in total. The third-order valence-corrected chi connectivity index (χ3v) is 4.48. The third-order valence-electron chi connectivity index (χ3n) is 4.48. The second-order valence-corrected chi connectivity index (χ2v) is 6.49. The smallest absolute Gasteiger partial charge is 0.152 e. The average molecular weight is 358 g/mol. The first-order chi connectivity index (χ1) is 13.2. The van der Waals surface area contributed by atoms with Crippen LogP contribution in [-0.4, -0.2) is 44.4 Å². The van der Waals surface area contributed by atoms with Crippen molar-refractivity contribution in [1.82, 2.24) is 19.9 Å². The van der Waals surface area contributed by atoms with E-state index in [1.54, 1.807) is 0 Å². The van der Waals surface area contributed by atoms with Gasteiger partial charge < -0.3 is 9.97 Å². The van der Waals surface area contributed by atoms with Crippen LogP contribution < -0.4 is 0 Å². The summed E-state index contributed by atoms with van der Waals surface area (Å²) in [6, 6.07) is 16.0. The van der Waals surface area contributed by atoms with Gasteiger partial charge in [0.2, 0.25) is 0 Å². The molecule has 0 atom stereocenters. The van der Waals surface area contributed by atoms with E-state index in [0.717, 1.165) is 64.6 Å². The molecule has 6 heteroatoms. The molecule has 2 heterocycles. The fourth-order valence-corrected chi connectivity index (χ4v) is 2.96. The molecule has 0 saturated heterocycles. The topological polar surface area (TPSA) is 82.1 Å². The Kier molecular flexibility index (Phi) is 4.78. The van der Waals surface area contributed by atoms with Gasteiger partial charge >= 0.3 is 0 Å². The van der Waals surface area contributed by atoms with Crippen LogP contribution in [0, 0.1) is 0 Å². The van der Waals surface area contributed by atoms with Gasteiger partial charge in [-0.1, -0.05) is 24.3 Å². The van der Waals surface area contributed by atoms with Crippen molar-refractivity contribution in [1.29, 1.82) is 0 Å². The molecule has 0 aliphatic rings. The van der Waals surface area contributed by atoms with Crippen LogP contribution in [0.3, 0.4) is 0 Å². The summed E-state index contributed by atoms with van der Waals surface area (Å²) in [5, 5.41) is 0. The average Bonchev–Trinajstić information content (AvgIpc) is 3.31. The van der Waals surface area contributed by atoms with Crippen molar-refractivity contribution in [3.8, 4) is 0 Å². The monoisotopic (exact) mass is 358 g/mol. The lowest BCUT2D eigenvalue weighted by Gasteiger charge is -1.98. The minimum absolute atomic E-state index is 0.722. The summed E-state index contributed by atoms with van der Waals surface area (Å²) in [6.07, 6.45) is 0.884. The van der Waals surface area contributed by atoms with Gasteiger partial charge in [-0.15, -0.1) is 0 Å². The Morgan fingerprint density at radius 1 is 0.741 bits per heavy atom. The van der Waals surface area contributed by atoms with Gasteiger partial charge in [-0.05, 0) is 44.5 Å². The van der Waals surface area contributed by atoms with E-state index >= 15 is 0 Å². The quantitative estimate of drug-likeness (QED) is 0.401. The molecule has 0 spiro atoms. The summed E-state index contributed by atoms with van der Waals surface area (Å²) < 4.78 is 0. The summed E-state index contributed by atoms with van der Waals surface area (Å²) >= 11 is 0. The van der Waals surface area contributed by atoms with Crippen LogP contribution in [-0.2, 0) is 0 Å². The van der Waals surface area contributed by atoms with Crippen LogP contribution in [0.1, 0.15) is 31.9 Å². The number of fused-ring (bicyclic) bond motifs is 2. The first-order valence-electron chi connectivity index (χ1n) is 9.13. The molecule has 0 bridgehead atoms. The molecule has 0 unspecified atom stereocenters. The standard InChI is InChI=1S/C21H22N6/c1-14(20-24-16-8-3-4-9-17(16)25-20)22-12-7-13-23-15(2)21-26-18-10-5-6-11-19(18)27-21/h3-6,8-11H,7,12-13H2,1-2H3,(H,24,25)(H,26,27). The van der Waals surface area contributed by atoms with Gasteiger partial charge in [-0.25, -0.2) is 9.97 Å². The fourth-order valence-electron chi connectivity index (χ4n) is 2.96.